The number of urea groups is 1. The van der Waals surface area contributed by atoms with Gasteiger partial charge in [0.2, 0.25) is 5.75 Å². The molecule has 2 amide bonds. The maximum atomic E-state index is 13.9. The molecule has 0 spiro atoms. The zero-order valence-corrected chi connectivity index (χ0v) is 18.6. The lowest BCUT2D eigenvalue weighted by atomic mass is 10.2. The molecule has 0 aliphatic heterocycles. The number of carbonyl (C=O) groups excluding carboxylic acids is 1. The number of alkyl halides is 1. The molecule has 182 valence electrons. The maximum absolute atomic E-state index is 13.9. The second kappa shape index (κ2) is 11.0. The molecule has 0 aliphatic carbocycles. The fraction of sp³-hybridized carbons (Fsp3) is 0.0385. The molecule has 0 atom stereocenters. The third-order valence-electron chi connectivity index (χ3n) is 4.88. The summed E-state index contributed by atoms with van der Waals surface area (Å²) >= 11 is 0. The molecule has 0 aliphatic rings. The van der Waals surface area contributed by atoms with Crippen molar-refractivity contribution in [2.45, 2.75) is 6.67 Å². The Labute approximate surface area is 204 Å². The van der Waals surface area contributed by atoms with Crippen LogP contribution in [0, 0.1) is 15.9 Å². The Bertz CT molecular complexity index is 1380. The summed E-state index contributed by atoms with van der Waals surface area (Å²) in [5.41, 5.74) is 0.259. The lowest BCUT2D eigenvalue weighted by molar-refractivity contribution is -0.385. The number of carbonyl (C=O) groups is 1. The molecule has 4 aromatic carbocycles. The number of ether oxygens (including phenoxy) is 2. The molecule has 0 unspecified atom stereocenters. The second-order valence-corrected chi connectivity index (χ2v) is 7.46. The van der Waals surface area contributed by atoms with E-state index in [1.807, 2.05) is 0 Å². The molecular formula is C26H19F2N3O5. The number of halogens is 2. The average Bonchev–Trinajstić information content (AvgIpc) is 2.87. The molecule has 4 aromatic rings. The smallest absolute Gasteiger partial charge is 0.323 e. The number of nitrogens with zero attached hydrogens (tertiary/aromatic N) is 1. The Morgan fingerprint density at radius 2 is 1.53 bits per heavy atom. The van der Waals surface area contributed by atoms with Gasteiger partial charge >= 0.3 is 11.7 Å². The summed E-state index contributed by atoms with van der Waals surface area (Å²) in [6.45, 7) is -0.785. The largest absolute Gasteiger partial charge is 0.457 e. The fourth-order valence-electron chi connectivity index (χ4n) is 3.18. The molecule has 4 rings (SSSR count). The summed E-state index contributed by atoms with van der Waals surface area (Å²) in [5, 5.41) is 16.3. The predicted molar refractivity (Wildman–Crippen MR) is 130 cm³/mol. The molecule has 0 aromatic heterocycles. The van der Waals surface area contributed by atoms with E-state index in [0.717, 1.165) is 6.07 Å². The Morgan fingerprint density at radius 3 is 2.22 bits per heavy atom. The van der Waals surface area contributed by atoms with Crippen LogP contribution in [0.15, 0.2) is 91.0 Å². The van der Waals surface area contributed by atoms with Crippen LogP contribution >= 0.6 is 0 Å². The van der Waals surface area contributed by atoms with Gasteiger partial charge in [0.1, 0.15) is 29.7 Å². The standard InChI is InChI=1S/C26H19F2N3O5/c27-16-17-6-12-22(28)23(14-17)30-26(32)29-18-7-9-20(10-8-18)35-21-11-13-24(31(33)34)25(15-21)36-19-4-2-1-3-5-19/h1-15H,16H2,(H2,29,30,32). The number of nitro groups is 1. The molecule has 2 N–H and O–H groups in total. The third kappa shape index (κ3) is 6.11. The van der Waals surface area contributed by atoms with E-state index >= 15 is 0 Å². The molecule has 0 fully saturated rings. The zero-order valence-electron chi connectivity index (χ0n) is 18.6. The molecule has 0 saturated carbocycles. The van der Waals surface area contributed by atoms with Crippen LogP contribution in [0.25, 0.3) is 0 Å². The van der Waals surface area contributed by atoms with E-state index < -0.39 is 23.4 Å². The molecule has 8 nitrogen and oxygen atoms in total. The van der Waals surface area contributed by atoms with Crippen molar-refractivity contribution in [2.75, 3.05) is 10.6 Å². The first-order chi connectivity index (χ1) is 17.4. The second-order valence-electron chi connectivity index (χ2n) is 7.46. The highest BCUT2D eigenvalue weighted by atomic mass is 19.1. The summed E-state index contributed by atoms with van der Waals surface area (Å²) in [7, 11) is 0. The highest BCUT2D eigenvalue weighted by molar-refractivity contribution is 5.99. The van der Waals surface area contributed by atoms with Crippen LogP contribution in [0.3, 0.4) is 0 Å². The zero-order chi connectivity index (χ0) is 25.5. The number of benzene rings is 4. The van der Waals surface area contributed by atoms with Crippen molar-refractivity contribution in [1.82, 2.24) is 0 Å². The predicted octanol–water partition coefficient (Wildman–Crippen LogP) is 7.43. The summed E-state index contributed by atoms with van der Waals surface area (Å²) in [4.78, 5) is 23.0. The van der Waals surface area contributed by atoms with Crippen molar-refractivity contribution in [2.24, 2.45) is 0 Å². The van der Waals surface area contributed by atoms with Crippen LogP contribution in [0.4, 0.5) is 30.6 Å². The number of para-hydroxylation sites is 1. The highest BCUT2D eigenvalue weighted by Gasteiger charge is 2.17. The summed E-state index contributed by atoms with van der Waals surface area (Å²) < 4.78 is 38.1. The number of hydrogen-bond acceptors (Lipinski definition) is 5. The summed E-state index contributed by atoms with van der Waals surface area (Å²) in [6, 6.07) is 21.9. The lowest BCUT2D eigenvalue weighted by Gasteiger charge is -2.11. The van der Waals surface area contributed by atoms with E-state index in [0.29, 0.717) is 22.9 Å². The highest BCUT2D eigenvalue weighted by Crippen LogP contribution is 2.36. The molecular weight excluding hydrogens is 472 g/mol. The van der Waals surface area contributed by atoms with Gasteiger partial charge in [-0.3, -0.25) is 10.1 Å². The Kier molecular flexibility index (Phi) is 7.35. The van der Waals surface area contributed by atoms with Crippen LogP contribution in [-0.4, -0.2) is 11.0 Å². The molecule has 0 bridgehead atoms. The number of nitro benzene ring substituents is 1. The van der Waals surface area contributed by atoms with Crippen molar-refractivity contribution in [3.05, 3.63) is 112 Å². The first-order valence-corrected chi connectivity index (χ1v) is 10.6. The van der Waals surface area contributed by atoms with Gasteiger partial charge in [0.15, 0.2) is 0 Å². The minimum absolute atomic E-state index is 0.0164. The average molecular weight is 491 g/mol. The van der Waals surface area contributed by atoms with Gasteiger partial charge in [-0.05, 0) is 60.2 Å². The van der Waals surface area contributed by atoms with E-state index in [9.17, 15) is 23.7 Å². The van der Waals surface area contributed by atoms with Gasteiger partial charge in [-0.2, -0.15) is 0 Å². The quantitative estimate of drug-likeness (QED) is 0.197. The van der Waals surface area contributed by atoms with E-state index in [-0.39, 0.29) is 22.7 Å². The van der Waals surface area contributed by atoms with Crippen LogP contribution in [-0.2, 0) is 6.67 Å². The monoisotopic (exact) mass is 491 g/mol. The minimum atomic E-state index is -0.785. The van der Waals surface area contributed by atoms with Crippen molar-refractivity contribution >= 4 is 23.1 Å². The van der Waals surface area contributed by atoms with Gasteiger partial charge in [-0.25, -0.2) is 13.6 Å². The van der Waals surface area contributed by atoms with Crippen molar-refractivity contribution in [3.8, 4) is 23.0 Å². The first kappa shape index (κ1) is 24.1. The lowest BCUT2D eigenvalue weighted by Crippen LogP contribution is -2.20. The van der Waals surface area contributed by atoms with E-state index in [4.69, 9.17) is 9.47 Å². The van der Waals surface area contributed by atoms with Gasteiger partial charge in [-0.1, -0.05) is 24.3 Å². The molecule has 0 radical (unpaired) electrons. The van der Waals surface area contributed by atoms with Crippen LogP contribution in [0.5, 0.6) is 23.0 Å². The van der Waals surface area contributed by atoms with E-state index in [2.05, 4.69) is 10.6 Å². The van der Waals surface area contributed by atoms with Gasteiger partial charge in [0.25, 0.3) is 0 Å². The molecule has 10 heteroatoms. The third-order valence-corrected chi connectivity index (χ3v) is 4.88. The van der Waals surface area contributed by atoms with Crippen LogP contribution in [0.2, 0.25) is 0 Å². The number of rotatable bonds is 8. The van der Waals surface area contributed by atoms with Gasteiger partial charge in [0.05, 0.1) is 10.6 Å². The van der Waals surface area contributed by atoms with Crippen molar-refractivity contribution < 1.29 is 28.0 Å². The molecule has 0 heterocycles. The maximum Gasteiger partial charge on any atom is 0.323 e. The van der Waals surface area contributed by atoms with Crippen LogP contribution < -0.4 is 20.1 Å². The van der Waals surface area contributed by atoms with Gasteiger partial charge in [0, 0.05) is 17.8 Å². The van der Waals surface area contributed by atoms with E-state index in [1.54, 1.807) is 54.6 Å². The minimum Gasteiger partial charge on any atom is -0.457 e. The fourth-order valence-corrected chi connectivity index (χ4v) is 3.18. The Balaban J connectivity index is 1.42. The van der Waals surface area contributed by atoms with Gasteiger partial charge in [-0.15, -0.1) is 0 Å². The van der Waals surface area contributed by atoms with E-state index in [1.165, 1.54) is 30.3 Å². The number of anilines is 2. The Hall–Kier alpha value is -4.99. The van der Waals surface area contributed by atoms with Gasteiger partial charge < -0.3 is 20.1 Å². The van der Waals surface area contributed by atoms with Crippen molar-refractivity contribution in [3.63, 3.8) is 0 Å². The summed E-state index contributed by atoms with van der Waals surface area (Å²) in [6.07, 6.45) is 0. The van der Waals surface area contributed by atoms with Crippen molar-refractivity contribution in [1.29, 1.82) is 0 Å². The Morgan fingerprint density at radius 1 is 0.833 bits per heavy atom. The summed E-state index contributed by atoms with van der Waals surface area (Å²) in [5.74, 6) is 0.450. The van der Waals surface area contributed by atoms with Crippen LogP contribution in [0.1, 0.15) is 5.56 Å². The first-order valence-electron chi connectivity index (χ1n) is 10.6. The SMILES string of the molecule is O=C(Nc1ccc(Oc2ccc([N+](=O)[O-])c(Oc3ccccc3)c2)cc1)Nc1cc(CF)ccc1F. The normalized spacial score (nSPS) is 10.4. The number of amides is 2. The molecule has 36 heavy (non-hydrogen) atoms. The molecule has 0 saturated heterocycles. The topological polar surface area (TPSA) is 103 Å². The number of nitrogens with one attached hydrogen (secondary N) is 2. The number of hydrogen-bond donors (Lipinski definition) is 2.